The molecule has 0 radical (unpaired) electrons. The summed E-state index contributed by atoms with van der Waals surface area (Å²) in [5.41, 5.74) is 1.39. The van der Waals surface area contributed by atoms with Gasteiger partial charge in [-0.15, -0.1) is 0 Å². The van der Waals surface area contributed by atoms with Crippen LogP contribution >= 0.6 is 15.9 Å². The predicted molar refractivity (Wildman–Crippen MR) is 62.1 cm³/mol. The summed E-state index contributed by atoms with van der Waals surface area (Å²) in [4.78, 5) is 0. The monoisotopic (exact) mass is 268 g/mol. The highest BCUT2D eigenvalue weighted by molar-refractivity contribution is 9.09. The molecule has 2 atom stereocenters. The van der Waals surface area contributed by atoms with E-state index >= 15 is 0 Å². The van der Waals surface area contributed by atoms with Crippen molar-refractivity contribution in [1.82, 2.24) is 0 Å². The molecule has 0 N–H and O–H groups in total. The molecule has 1 aliphatic carbocycles. The van der Waals surface area contributed by atoms with E-state index in [1.54, 1.807) is 0 Å². The van der Waals surface area contributed by atoms with Crippen LogP contribution in [0.15, 0.2) is 18.2 Å². The normalized spacial score (nSPS) is 27.5. The lowest BCUT2D eigenvalue weighted by molar-refractivity contribution is 0.171. The van der Waals surface area contributed by atoms with Crippen molar-refractivity contribution in [3.8, 4) is 11.5 Å². The molecule has 3 rings (SSSR count). The first-order chi connectivity index (χ1) is 7.38. The number of rotatable bonds is 2. The zero-order chi connectivity index (χ0) is 10.3. The first-order valence-corrected chi connectivity index (χ1v) is 6.46. The number of hydrogen-bond acceptors (Lipinski definition) is 2. The molecule has 0 saturated heterocycles. The van der Waals surface area contributed by atoms with Gasteiger partial charge in [-0.25, -0.2) is 0 Å². The largest absolute Gasteiger partial charge is 0.486 e. The number of ether oxygens (including phenoxy) is 2. The molecule has 2 nitrogen and oxygen atoms in total. The number of halogens is 1. The van der Waals surface area contributed by atoms with Crippen LogP contribution in [0.1, 0.15) is 17.9 Å². The molecule has 80 valence electrons. The summed E-state index contributed by atoms with van der Waals surface area (Å²) in [5, 5.41) is 1.10. The van der Waals surface area contributed by atoms with E-state index in [9.17, 15) is 0 Å². The standard InChI is InChI=1S/C12H13BrO2/c13-7-9-5-10(9)8-1-2-11-12(6-8)15-4-3-14-11/h1-2,6,9-10H,3-5,7H2. The fourth-order valence-electron chi connectivity index (χ4n) is 2.12. The van der Waals surface area contributed by atoms with Gasteiger partial charge in [0.25, 0.3) is 0 Å². The van der Waals surface area contributed by atoms with Crippen LogP contribution in [0.3, 0.4) is 0 Å². The van der Waals surface area contributed by atoms with E-state index in [2.05, 4.69) is 28.1 Å². The van der Waals surface area contributed by atoms with Crippen LogP contribution in [0.4, 0.5) is 0 Å². The first kappa shape index (κ1) is 9.52. The number of alkyl halides is 1. The zero-order valence-electron chi connectivity index (χ0n) is 8.41. The van der Waals surface area contributed by atoms with E-state index in [-0.39, 0.29) is 0 Å². The summed E-state index contributed by atoms with van der Waals surface area (Å²) >= 11 is 3.53. The topological polar surface area (TPSA) is 18.5 Å². The molecule has 1 aromatic rings. The summed E-state index contributed by atoms with van der Waals surface area (Å²) in [7, 11) is 0. The molecule has 0 aromatic heterocycles. The Bertz CT molecular complexity index is 378. The Morgan fingerprint density at radius 2 is 2.00 bits per heavy atom. The minimum Gasteiger partial charge on any atom is -0.486 e. The summed E-state index contributed by atoms with van der Waals surface area (Å²) in [6.45, 7) is 1.34. The minimum atomic E-state index is 0.666. The zero-order valence-corrected chi connectivity index (χ0v) is 10.00. The van der Waals surface area contributed by atoms with Crippen LogP contribution in [0.25, 0.3) is 0 Å². The van der Waals surface area contributed by atoms with Crippen molar-refractivity contribution in [2.45, 2.75) is 12.3 Å². The van der Waals surface area contributed by atoms with Gasteiger partial charge in [-0.05, 0) is 36.0 Å². The summed E-state index contributed by atoms with van der Waals surface area (Å²) in [6.07, 6.45) is 1.30. The molecule has 1 fully saturated rings. The van der Waals surface area contributed by atoms with Gasteiger partial charge in [-0.3, -0.25) is 0 Å². The summed E-state index contributed by atoms with van der Waals surface area (Å²) in [5.74, 6) is 3.34. The van der Waals surface area contributed by atoms with E-state index in [0.29, 0.717) is 13.2 Å². The molecule has 2 aliphatic rings. The maximum absolute atomic E-state index is 5.57. The van der Waals surface area contributed by atoms with Gasteiger partial charge in [0, 0.05) is 5.33 Å². The van der Waals surface area contributed by atoms with Crippen LogP contribution in [-0.4, -0.2) is 18.5 Å². The molecular formula is C12H13BrO2. The molecule has 0 bridgehead atoms. The van der Waals surface area contributed by atoms with Crippen LogP contribution in [0, 0.1) is 5.92 Å². The number of hydrogen-bond donors (Lipinski definition) is 0. The van der Waals surface area contributed by atoms with Crippen LogP contribution < -0.4 is 9.47 Å². The van der Waals surface area contributed by atoms with Gasteiger partial charge in [-0.1, -0.05) is 22.0 Å². The van der Waals surface area contributed by atoms with Gasteiger partial charge in [0.2, 0.25) is 0 Å². The van der Waals surface area contributed by atoms with Crippen molar-refractivity contribution in [1.29, 1.82) is 0 Å². The van der Waals surface area contributed by atoms with Crippen molar-refractivity contribution in [2.24, 2.45) is 5.92 Å². The second kappa shape index (κ2) is 3.71. The maximum atomic E-state index is 5.57. The molecule has 3 heteroatoms. The average molecular weight is 269 g/mol. The minimum absolute atomic E-state index is 0.666. The molecule has 15 heavy (non-hydrogen) atoms. The van der Waals surface area contributed by atoms with E-state index in [4.69, 9.17) is 9.47 Å². The lowest BCUT2D eigenvalue weighted by Gasteiger charge is -2.18. The predicted octanol–water partition coefficient (Wildman–Crippen LogP) is 2.96. The van der Waals surface area contributed by atoms with E-state index in [1.165, 1.54) is 12.0 Å². The van der Waals surface area contributed by atoms with Crippen molar-refractivity contribution < 1.29 is 9.47 Å². The number of fused-ring (bicyclic) bond motifs is 1. The van der Waals surface area contributed by atoms with Crippen LogP contribution in [-0.2, 0) is 0 Å². The van der Waals surface area contributed by atoms with E-state index in [1.807, 2.05) is 6.07 Å². The second-order valence-electron chi connectivity index (χ2n) is 4.16. The highest BCUT2D eigenvalue weighted by atomic mass is 79.9. The highest BCUT2D eigenvalue weighted by Crippen LogP contribution is 2.49. The number of benzene rings is 1. The Hall–Kier alpha value is -0.700. The average Bonchev–Trinajstić information content (AvgIpc) is 3.08. The third kappa shape index (κ3) is 1.73. The van der Waals surface area contributed by atoms with Crippen molar-refractivity contribution in [2.75, 3.05) is 18.5 Å². The molecular weight excluding hydrogens is 256 g/mol. The Labute approximate surface area is 97.7 Å². The molecule has 0 spiro atoms. The highest BCUT2D eigenvalue weighted by Gasteiger charge is 2.37. The van der Waals surface area contributed by atoms with Gasteiger partial charge >= 0.3 is 0 Å². The lowest BCUT2D eigenvalue weighted by atomic mass is 10.1. The smallest absolute Gasteiger partial charge is 0.161 e. The molecule has 0 amide bonds. The molecule has 1 heterocycles. The van der Waals surface area contributed by atoms with Gasteiger partial charge in [0.1, 0.15) is 13.2 Å². The quantitative estimate of drug-likeness (QED) is 0.768. The fraction of sp³-hybridized carbons (Fsp3) is 0.500. The first-order valence-electron chi connectivity index (χ1n) is 5.34. The van der Waals surface area contributed by atoms with Crippen LogP contribution in [0.5, 0.6) is 11.5 Å². The van der Waals surface area contributed by atoms with E-state index < -0.39 is 0 Å². The Morgan fingerprint density at radius 1 is 1.20 bits per heavy atom. The Balaban J connectivity index is 1.85. The van der Waals surface area contributed by atoms with Gasteiger partial charge in [-0.2, -0.15) is 0 Å². The van der Waals surface area contributed by atoms with Gasteiger partial charge in [0.05, 0.1) is 0 Å². The van der Waals surface area contributed by atoms with Gasteiger partial charge in [0.15, 0.2) is 11.5 Å². The van der Waals surface area contributed by atoms with Crippen molar-refractivity contribution in [3.63, 3.8) is 0 Å². The van der Waals surface area contributed by atoms with E-state index in [0.717, 1.165) is 28.7 Å². The third-order valence-corrected chi connectivity index (χ3v) is 3.95. The summed E-state index contributed by atoms with van der Waals surface area (Å²) < 4.78 is 11.1. The SMILES string of the molecule is BrCC1CC1c1ccc2c(c1)OCCO2. The molecule has 1 aromatic carbocycles. The molecule has 1 saturated carbocycles. The lowest BCUT2D eigenvalue weighted by Crippen LogP contribution is -2.15. The molecule has 2 unspecified atom stereocenters. The summed E-state index contributed by atoms with van der Waals surface area (Å²) in [6, 6.07) is 6.34. The van der Waals surface area contributed by atoms with Gasteiger partial charge < -0.3 is 9.47 Å². The Morgan fingerprint density at radius 3 is 2.73 bits per heavy atom. The third-order valence-electron chi connectivity index (χ3n) is 3.12. The Kier molecular flexibility index (Phi) is 2.35. The molecule has 1 aliphatic heterocycles. The van der Waals surface area contributed by atoms with Crippen molar-refractivity contribution >= 4 is 15.9 Å². The second-order valence-corrected chi connectivity index (χ2v) is 4.81. The maximum Gasteiger partial charge on any atom is 0.161 e. The van der Waals surface area contributed by atoms with Crippen molar-refractivity contribution in [3.05, 3.63) is 23.8 Å². The fourth-order valence-corrected chi connectivity index (χ4v) is 2.83. The van der Waals surface area contributed by atoms with Crippen LogP contribution in [0.2, 0.25) is 0 Å².